The average molecular weight is 302 g/mol. The fraction of sp³-hybridized carbons (Fsp3) is 0. The van der Waals surface area contributed by atoms with Gasteiger partial charge in [-0.3, -0.25) is 0 Å². The molecule has 1 aromatic heterocycles. The smallest absolute Gasteiger partial charge is 0.152 e. The predicted molar refractivity (Wildman–Crippen MR) is 66.8 cm³/mol. The lowest BCUT2D eigenvalue weighted by Gasteiger charge is -2.08. The third-order valence-electron chi connectivity index (χ3n) is 2.16. The Balaban J connectivity index is 2.67. The van der Waals surface area contributed by atoms with Crippen LogP contribution < -0.4 is 5.73 Å². The number of rotatable bonds is 1. The molecule has 0 spiro atoms. The van der Waals surface area contributed by atoms with Crippen molar-refractivity contribution >= 4 is 33.2 Å². The van der Waals surface area contributed by atoms with Gasteiger partial charge in [0.25, 0.3) is 0 Å². The van der Waals surface area contributed by atoms with E-state index in [-0.39, 0.29) is 16.7 Å². The second kappa shape index (κ2) is 4.39. The topological polar surface area (TPSA) is 38.9 Å². The quantitative estimate of drug-likeness (QED) is 0.812. The van der Waals surface area contributed by atoms with Crippen LogP contribution in [0.15, 0.2) is 34.9 Å². The lowest BCUT2D eigenvalue weighted by Crippen LogP contribution is -1.95. The van der Waals surface area contributed by atoms with Gasteiger partial charge in [0.2, 0.25) is 0 Å². The van der Waals surface area contributed by atoms with Crippen molar-refractivity contribution in [2.24, 2.45) is 0 Å². The Morgan fingerprint density at radius 1 is 1.25 bits per heavy atom. The Kier molecular flexibility index (Phi) is 3.12. The summed E-state index contributed by atoms with van der Waals surface area (Å²) in [6.45, 7) is 0. The van der Waals surface area contributed by atoms with Crippen molar-refractivity contribution in [3.63, 3.8) is 0 Å². The van der Waals surface area contributed by atoms with Crippen LogP contribution >= 0.6 is 27.5 Å². The molecule has 0 atom stereocenters. The number of hydrogen-bond acceptors (Lipinski definition) is 2. The van der Waals surface area contributed by atoms with E-state index in [1.54, 1.807) is 18.2 Å². The average Bonchev–Trinajstić information content (AvgIpc) is 2.26. The lowest BCUT2D eigenvalue weighted by molar-refractivity contribution is 0.631. The third-order valence-corrected chi connectivity index (χ3v) is 2.95. The van der Waals surface area contributed by atoms with Gasteiger partial charge in [-0.1, -0.05) is 27.5 Å². The molecule has 0 bridgehead atoms. The minimum Gasteiger partial charge on any atom is -0.396 e. The van der Waals surface area contributed by atoms with Gasteiger partial charge in [0.15, 0.2) is 5.15 Å². The van der Waals surface area contributed by atoms with E-state index in [2.05, 4.69) is 20.9 Å². The number of nitrogens with two attached hydrogens (primary N) is 1. The van der Waals surface area contributed by atoms with Crippen LogP contribution in [0.2, 0.25) is 5.15 Å². The van der Waals surface area contributed by atoms with Crippen LogP contribution in [0.1, 0.15) is 0 Å². The second-order valence-corrected chi connectivity index (χ2v) is 4.46. The molecule has 16 heavy (non-hydrogen) atoms. The summed E-state index contributed by atoms with van der Waals surface area (Å²) in [7, 11) is 0. The van der Waals surface area contributed by atoms with Crippen LogP contribution in [0.3, 0.4) is 0 Å². The molecule has 2 aromatic rings. The molecule has 1 aromatic carbocycles. The van der Waals surface area contributed by atoms with Gasteiger partial charge in [0.05, 0.1) is 5.69 Å². The van der Waals surface area contributed by atoms with Gasteiger partial charge >= 0.3 is 0 Å². The highest BCUT2D eigenvalue weighted by Crippen LogP contribution is 2.33. The first-order chi connectivity index (χ1) is 7.59. The molecule has 2 rings (SSSR count). The highest BCUT2D eigenvalue weighted by atomic mass is 79.9. The Labute approximate surface area is 105 Å². The lowest BCUT2D eigenvalue weighted by atomic mass is 10.1. The van der Waals surface area contributed by atoms with Crippen LogP contribution in [0.25, 0.3) is 11.1 Å². The predicted octanol–water partition coefficient (Wildman–Crippen LogP) is 3.89. The Bertz CT molecular complexity index is 546. The Hall–Kier alpha value is -1.13. The van der Waals surface area contributed by atoms with E-state index in [9.17, 15) is 4.39 Å². The first-order valence-electron chi connectivity index (χ1n) is 4.45. The molecule has 0 aliphatic heterocycles. The van der Waals surface area contributed by atoms with Crippen molar-refractivity contribution < 1.29 is 4.39 Å². The highest BCUT2D eigenvalue weighted by Gasteiger charge is 2.11. The van der Waals surface area contributed by atoms with E-state index in [4.69, 9.17) is 17.3 Å². The number of nitrogen functional groups attached to an aromatic ring is 1. The molecular weight excluding hydrogens is 294 g/mol. The van der Waals surface area contributed by atoms with Crippen molar-refractivity contribution in [3.8, 4) is 11.1 Å². The molecule has 0 radical (unpaired) electrons. The van der Waals surface area contributed by atoms with Crippen molar-refractivity contribution in [2.75, 3.05) is 5.73 Å². The van der Waals surface area contributed by atoms with Gasteiger partial charge in [0, 0.05) is 21.8 Å². The normalized spacial score (nSPS) is 10.4. The van der Waals surface area contributed by atoms with Crippen molar-refractivity contribution in [3.05, 3.63) is 45.9 Å². The van der Waals surface area contributed by atoms with Gasteiger partial charge in [-0.2, -0.15) is 0 Å². The fourth-order valence-electron chi connectivity index (χ4n) is 1.39. The maximum Gasteiger partial charge on any atom is 0.152 e. The van der Waals surface area contributed by atoms with E-state index in [1.807, 2.05) is 0 Å². The van der Waals surface area contributed by atoms with Crippen molar-refractivity contribution in [1.82, 2.24) is 4.98 Å². The number of halogens is 3. The summed E-state index contributed by atoms with van der Waals surface area (Å²) < 4.78 is 14.4. The largest absolute Gasteiger partial charge is 0.396 e. The van der Waals surface area contributed by atoms with Gasteiger partial charge in [-0.05, 0) is 24.3 Å². The third kappa shape index (κ3) is 2.03. The standard InChI is InChI=1S/C11H7BrClFN2/c12-6-1-2-9(14)8(5-6)7-3-4-16-11(13)10(7)15/h1-5H,15H2. The van der Waals surface area contributed by atoms with E-state index in [0.29, 0.717) is 11.1 Å². The number of pyridine rings is 1. The Morgan fingerprint density at radius 3 is 2.75 bits per heavy atom. The second-order valence-electron chi connectivity index (χ2n) is 3.19. The molecule has 0 saturated heterocycles. The van der Waals surface area contributed by atoms with Crippen LogP contribution in [-0.2, 0) is 0 Å². The van der Waals surface area contributed by atoms with E-state index in [0.717, 1.165) is 4.47 Å². The summed E-state index contributed by atoms with van der Waals surface area (Å²) in [6.07, 6.45) is 1.49. The summed E-state index contributed by atoms with van der Waals surface area (Å²) in [5.41, 5.74) is 6.98. The van der Waals surface area contributed by atoms with Crippen LogP contribution in [0.4, 0.5) is 10.1 Å². The molecule has 0 saturated carbocycles. The summed E-state index contributed by atoms with van der Waals surface area (Å²) in [6, 6.07) is 6.27. The van der Waals surface area contributed by atoms with Crippen molar-refractivity contribution in [2.45, 2.75) is 0 Å². The minimum absolute atomic E-state index is 0.178. The van der Waals surface area contributed by atoms with Crippen LogP contribution in [0.5, 0.6) is 0 Å². The molecule has 2 N–H and O–H groups in total. The highest BCUT2D eigenvalue weighted by molar-refractivity contribution is 9.10. The summed E-state index contributed by atoms with van der Waals surface area (Å²) in [5.74, 6) is -0.350. The molecule has 5 heteroatoms. The molecular formula is C11H7BrClFN2. The van der Waals surface area contributed by atoms with Gasteiger partial charge in [0.1, 0.15) is 5.82 Å². The number of hydrogen-bond donors (Lipinski definition) is 1. The maximum absolute atomic E-state index is 13.6. The zero-order valence-electron chi connectivity index (χ0n) is 8.05. The minimum atomic E-state index is -0.350. The van der Waals surface area contributed by atoms with Gasteiger partial charge < -0.3 is 5.73 Å². The molecule has 0 amide bonds. The first-order valence-corrected chi connectivity index (χ1v) is 5.62. The SMILES string of the molecule is Nc1c(-c2cc(Br)ccc2F)ccnc1Cl. The van der Waals surface area contributed by atoms with E-state index < -0.39 is 0 Å². The summed E-state index contributed by atoms with van der Waals surface area (Å²) in [5, 5.41) is 0.178. The zero-order chi connectivity index (χ0) is 11.7. The molecule has 0 aliphatic carbocycles. The number of anilines is 1. The first kappa shape index (κ1) is 11.4. The summed E-state index contributed by atoms with van der Waals surface area (Å²) >= 11 is 9.07. The molecule has 2 nitrogen and oxygen atoms in total. The fourth-order valence-corrected chi connectivity index (χ4v) is 1.91. The molecule has 82 valence electrons. The molecule has 0 aliphatic rings. The number of nitrogens with zero attached hydrogens (tertiary/aromatic N) is 1. The zero-order valence-corrected chi connectivity index (χ0v) is 10.4. The van der Waals surface area contributed by atoms with Gasteiger partial charge in [-0.15, -0.1) is 0 Å². The number of benzene rings is 1. The van der Waals surface area contributed by atoms with E-state index in [1.165, 1.54) is 12.3 Å². The van der Waals surface area contributed by atoms with Gasteiger partial charge in [-0.25, -0.2) is 9.37 Å². The molecule has 0 unspecified atom stereocenters. The Morgan fingerprint density at radius 2 is 2.00 bits per heavy atom. The van der Waals surface area contributed by atoms with E-state index >= 15 is 0 Å². The van der Waals surface area contributed by atoms with Crippen molar-refractivity contribution in [1.29, 1.82) is 0 Å². The maximum atomic E-state index is 13.6. The van der Waals surface area contributed by atoms with Crippen LogP contribution in [0, 0.1) is 5.82 Å². The monoisotopic (exact) mass is 300 g/mol. The molecule has 1 heterocycles. The number of aromatic nitrogens is 1. The molecule has 0 fully saturated rings. The van der Waals surface area contributed by atoms with Crippen LogP contribution in [-0.4, -0.2) is 4.98 Å². The summed E-state index contributed by atoms with van der Waals surface area (Å²) in [4.78, 5) is 3.82.